The molecule has 4 heteroatoms. The first-order valence-corrected chi connectivity index (χ1v) is 7.87. The van der Waals surface area contributed by atoms with Crippen LogP contribution in [0.1, 0.15) is 35.3 Å². The lowest BCUT2D eigenvalue weighted by Gasteiger charge is -2.36. The summed E-state index contributed by atoms with van der Waals surface area (Å²) in [5.74, 6) is 1.22. The van der Waals surface area contributed by atoms with E-state index >= 15 is 0 Å². The number of nitrogens with one attached hydrogen (secondary N) is 1. The molecule has 0 amide bonds. The fourth-order valence-corrected chi connectivity index (χ4v) is 2.81. The molecular formula is C20H21NO3. The summed E-state index contributed by atoms with van der Waals surface area (Å²) in [4.78, 5) is 12.8. The highest BCUT2D eigenvalue weighted by Crippen LogP contribution is 2.34. The van der Waals surface area contributed by atoms with E-state index in [1.165, 1.54) is 0 Å². The Hall–Kier alpha value is -2.75. The van der Waals surface area contributed by atoms with Crippen molar-refractivity contribution in [2.45, 2.75) is 26.5 Å². The van der Waals surface area contributed by atoms with Crippen molar-refractivity contribution in [3.8, 4) is 11.5 Å². The second kappa shape index (κ2) is 6.04. The molecule has 1 N–H and O–H groups in total. The van der Waals surface area contributed by atoms with Gasteiger partial charge in [0, 0.05) is 11.6 Å². The van der Waals surface area contributed by atoms with Crippen molar-refractivity contribution in [1.82, 2.24) is 5.32 Å². The largest absolute Gasteiger partial charge is 0.496 e. The number of benzene rings is 2. The minimum Gasteiger partial charge on any atom is -0.496 e. The lowest BCUT2D eigenvalue weighted by atomic mass is 10.0. The summed E-state index contributed by atoms with van der Waals surface area (Å²) >= 11 is 0. The Morgan fingerprint density at radius 1 is 1.21 bits per heavy atom. The van der Waals surface area contributed by atoms with Gasteiger partial charge >= 0.3 is 0 Å². The van der Waals surface area contributed by atoms with Crippen LogP contribution in [0.15, 0.2) is 48.5 Å². The van der Waals surface area contributed by atoms with Gasteiger partial charge in [-0.2, -0.15) is 0 Å². The molecule has 124 valence electrons. The van der Waals surface area contributed by atoms with Crippen molar-refractivity contribution in [2.75, 3.05) is 7.11 Å². The molecule has 0 aliphatic carbocycles. The van der Waals surface area contributed by atoms with Gasteiger partial charge in [0.05, 0.1) is 18.4 Å². The number of carbonyl (C=O) groups excluding carboxylic acids is 1. The zero-order valence-electron chi connectivity index (χ0n) is 14.3. The van der Waals surface area contributed by atoms with Crippen LogP contribution in [0.25, 0.3) is 5.70 Å². The van der Waals surface area contributed by atoms with Gasteiger partial charge in [0.15, 0.2) is 11.5 Å². The van der Waals surface area contributed by atoms with Crippen molar-refractivity contribution in [3.63, 3.8) is 0 Å². The molecule has 0 unspecified atom stereocenters. The highest BCUT2D eigenvalue weighted by atomic mass is 16.5. The van der Waals surface area contributed by atoms with Gasteiger partial charge < -0.3 is 14.8 Å². The summed E-state index contributed by atoms with van der Waals surface area (Å²) in [7, 11) is 1.56. The number of aryl methyl sites for hydroxylation is 1. The van der Waals surface area contributed by atoms with Crippen molar-refractivity contribution in [1.29, 1.82) is 0 Å². The Morgan fingerprint density at radius 3 is 2.71 bits per heavy atom. The summed E-state index contributed by atoms with van der Waals surface area (Å²) in [5.41, 5.74) is 2.69. The average molecular weight is 323 g/mol. The van der Waals surface area contributed by atoms with Crippen LogP contribution in [0.5, 0.6) is 11.5 Å². The predicted octanol–water partition coefficient (Wildman–Crippen LogP) is 3.95. The monoisotopic (exact) mass is 323 g/mol. The van der Waals surface area contributed by atoms with Crippen LogP contribution in [0.3, 0.4) is 0 Å². The van der Waals surface area contributed by atoms with Crippen LogP contribution < -0.4 is 14.8 Å². The van der Waals surface area contributed by atoms with Gasteiger partial charge in [-0.25, -0.2) is 0 Å². The minimum atomic E-state index is -0.588. The average Bonchev–Trinajstić information content (AvgIpc) is 2.54. The molecule has 4 nitrogen and oxygen atoms in total. The molecule has 0 saturated heterocycles. The number of allylic oxidation sites excluding steroid dienone is 1. The first-order chi connectivity index (χ1) is 11.4. The normalized spacial score (nSPS) is 16.8. The van der Waals surface area contributed by atoms with E-state index in [-0.39, 0.29) is 5.78 Å². The summed E-state index contributed by atoms with van der Waals surface area (Å²) < 4.78 is 11.2. The van der Waals surface area contributed by atoms with Gasteiger partial charge in [0.25, 0.3) is 0 Å². The fourth-order valence-electron chi connectivity index (χ4n) is 2.81. The summed E-state index contributed by atoms with van der Waals surface area (Å²) in [6, 6.07) is 13.2. The van der Waals surface area contributed by atoms with Gasteiger partial charge in [0.2, 0.25) is 0 Å². The third-order valence-electron chi connectivity index (χ3n) is 3.87. The number of para-hydroxylation sites is 1. The zero-order valence-corrected chi connectivity index (χ0v) is 14.3. The first-order valence-electron chi connectivity index (χ1n) is 7.87. The van der Waals surface area contributed by atoms with E-state index in [2.05, 4.69) is 5.32 Å². The second-order valence-electron chi connectivity index (χ2n) is 6.36. The van der Waals surface area contributed by atoms with Crippen LogP contribution in [0, 0.1) is 6.92 Å². The molecule has 1 aliphatic rings. The SMILES string of the molecule is COc1ccccc1C(=O)/C=C1\NC(C)(C)Oc2ccc(C)cc21. The standard InChI is InChI=1S/C20H21NO3/c1-13-9-10-19-15(11-13)16(21-20(2,3)24-19)12-17(22)14-7-5-6-8-18(14)23-4/h5-12,21H,1-4H3/b16-12-. The van der Waals surface area contributed by atoms with Crippen LogP contribution in [-0.2, 0) is 0 Å². The number of hydrogen-bond acceptors (Lipinski definition) is 4. The minimum absolute atomic E-state index is 0.111. The summed E-state index contributed by atoms with van der Waals surface area (Å²) in [6.45, 7) is 5.87. The predicted molar refractivity (Wildman–Crippen MR) is 94.3 cm³/mol. The number of fused-ring (bicyclic) bond motifs is 1. The third-order valence-corrected chi connectivity index (χ3v) is 3.87. The van der Waals surface area contributed by atoms with Crippen LogP contribution in [0.4, 0.5) is 0 Å². The fraction of sp³-hybridized carbons (Fsp3) is 0.250. The molecule has 3 rings (SSSR count). The van der Waals surface area contributed by atoms with Crippen molar-refractivity contribution in [2.24, 2.45) is 0 Å². The Balaban J connectivity index is 2.06. The maximum atomic E-state index is 12.8. The molecule has 0 radical (unpaired) electrons. The molecular weight excluding hydrogens is 302 g/mol. The van der Waals surface area contributed by atoms with Crippen molar-refractivity contribution >= 4 is 11.5 Å². The maximum absolute atomic E-state index is 12.8. The number of hydrogen-bond donors (Lipinski definition) is 1. The zero-order chi connectivity index (χ0) is 17.3. The Bertz CT molecular complexity index is 821. The molecule has 0 atom stereocenters. The molecule has 0 aromatic heterocycles. The van der Waals surface area contributed by atoms with Gasteiger partial charge in [-0.05, 0) is 45.0 Å². The Labute approximate surface area is 142 Å². The third kappa shape index (κ3) is 3.13. The number of methoxy groups -OCH3 is 1. The van der Waals surface area contributed by atoms with Gasteiger partial charge in [-0.3, -0.25) is 4.79 Å². The van der Waals surface area contributed by atoms with Gasteiger partial charge in [-0.1, -0.05) is 23.8 Å². The molecule has 1 aliphatic heterocycles. The van der Waals surface area contributed by atoms with E-state index < -0.39 is 5.72 Å². The van der Waals surface area contributed by atoms with Crippen LogP contribution >= 0.6 is 0 Å². The van der Waals surface area contributed by atoms with E-state index in [1.807, 2.05) is 51.1 Å². The molecule has 0 bridgehead atoms. The molecule has 1 heterocycles. The first kappa shape index (κ1) is 16.1. The number of carbonyl (C=O) groups is 1. The van der Waals surface area contributed by atoms with Crippen LogP contribution in [0.2, 0.25) is 0 Å². The molecule has 0 spiro atoms. The summed E-state index contributed by atoms with van der Waals surface area (Å²) in [6.07, 6.45) is 1.61. The highest BCUT2D eigenvalue weighted by molar-refractivity contribution is 6.10. The topological polar surface area (TPSA) is 47.6 Å². The molecule has 2 aromatic rings. The Morgan fingerprint density at radius 2 is 1.96 bits per heavy atom. The van der Waals surface area contributed by atoms with Crippen LogP contribution in [-0.4, -0.2) is 18.6 Å². The van der Waals surface area contributed by atoms with E-state index in [0.29, 0.717) is 11.3 Å². The maximum Gasteiger partial charge on any atom is 0.191 e. The number of rotatable bonds is 3. The number of ketones is 1. The molecule has 2 aromatic carbocycles. The van der Waals surface area contributed by atoms with Crippen molar-refractivity contribution in [3.05, 3.63) is 65.2 Å². The molecule has 0 fully saturated rings. The van der Waals surface area contributed by atoms with E-state index in [0.717, 1.165) is 22.6 Å². The lowest BCUT2D eigenvalue weighted by Crippen LogP contribution is -2.46. The lowest BCUT2D eigenvalue weighted by molar-refractivity contribution is 0.0816. The molecule has 0 saturated carbocycles. The van der Waals surface area contributed by atoms with Gasteiger partial charge in [-0.15, -0.1) is 0 Å². The highest BCUT2D eigenvalue weighted by Gasteiger charge is 2.29. The van der Waals surface area contributed by atoms with E-state index in [9.17, 15) is 4.79 Å². The number of ether oxygens (including phenoxy) is 2. The molecule has 24 heavy (non-hydrogen) atoms. The smallest absolute Gasteiger partial charge is 0.191 e. The van der Waals surface area contributed by atoms with Gasteiger partial charge in [0.1, 0.15) is 11.5 Å². The van der Waals surface area contributed by atoms with E-state index in [4.69, 9.17) is 9.47 Å². The quantitative estimate of drug-likeness (QED) is 0.686. The summed E-state index contributed by atoms with van der Waals surface area (Å²) in [5, 5.41) is 3.29. The Kier molecular flexibility index (Phi) is 4.06. The second-order valence-corrected chi connectivity index (χ2v) is 6.36. The van der Waals surface area contributed by atoms with Crippen molar-refractivity contribution < 1.29 is 14.3 Å². The van der Waals surface area contributed by atoms with E-state index in [1.54, 1.807) is 25.3 Å².